The summed E-state index contributed by atoms with van der Waals surface area (Å²) >= 11 is 0. The Morgan fingerprint density at radius 1 is 1.19 bits per heavy atom. The van der Waals surface area contributed by atoms with Gasteiger partial charge < -0.3 is 5.11 Å². The van der Waals surface area contributed by atoms with E-state index in [1.165, 1.54) is 0 Å². The number of benzene rings is 1. The van der Waals surface area contributed by atoms with Crippen molar-refractivity contribution in [2.24, 2.45) is 0 Å². The molecule has 0 amide bonds. The van der Waals surface area contributed by atoms with Gasteiger partial charge in [-0.25, -0.2) is 13.1 Å². The Morgan fingerprint density at radius 3 is 2.25 bits per heavy atom. The van der Waals surface area contributed by atoms with Crippen molar-refractivity contribution in [2.75, 3.05) is 5.75 Å². The molecule has 0 unspecified atom stereocenters. The highest BCUT2D eigenvalue weighted by Gasteiger charge is 2.07. The Bertz CT molecular complexity index is 411. The summed E-state index contributed by atoms with van der Waals surface area (Å²) in [5.41, 5.74) is 1.71. The second-order valence-electron chi connectivity index (χ2n) is 3.61. The van der Waals surface area contributed by atoms with E-state index in [0.717, 1.165) is 11.1 Å². The fourth-order valence-corrected chi connectivity index (χ4v) is 2.37. The zero-order chi connectivity index (χ0) is 12.0. The number of nitrogens with one attached hydrogen (secondary N) is 1. The van der Waals surface area contributed by atoms with Crippen molar-refractivity contribution in [3.05, 3.63) is 35.4 Å². The van der Waals surface area contributed by atoms with Crippen molar-refractivity contribution in [3.8, 4) is 0 Å². The average molecular weight is 243 g/mol. The monoisotopic (exact) mass is 243 g/mol. The molecule has 1 rings (SSSR count). The number of hydrogen-bond acceptors (Lipinski definition) is 3. The van der Waals surface area contributed by atoms with E-state index in [2.05, 4.69) is 4.72 Å². The highest BCUT2D eigenvalue weighted by molar-refractivity contribution is 7.89. The standard InChI is InChI=1S/C11H17NO3S/c1-2-7-16(14,15)12-8-10-3-5-11(9-13)6-4-10/h3-6,12-13H,2,7-9H2,1H3. The summed E-state index contributed by atoms with van der Waals surface area (Å²) in [6.07, 6.45) is 0.610. The molecule has 0 aliphatic rings. The van der Waals surface area contributed by atoms with Crippen molar-refractivity contribution in [3.63, 3.8) is 0 Å². The van der Waals surface area contributed by atoms with E-state index in [-0.39, 0.29) is 12.4 Å². The van der Waals surface area contributed by atoms with Gasteiger partial charge in [-0.3, -0.25) is 0 Å². The topological polar surface area (TPSA) is 66.4 Å². The molecule has 0 radical (unpaired) electrons. The van der Waals surface area contributed by atoms with Crippen LogP contribution in [0.4, 0.5) is 0 Å². The Balaban J connectivity index is 2.54. The molecular weight excluding hydrogens is 226 g/mol. The molecule has 0 fully saturated rings. The number of aliphatic hydroxyl groups excluding tert-OH is 1. The second kappa shape index (κ2) is 5.98. The minimum atomic E-state index is -3.14. The van der Waals surface area contributed by atoms with Gasteiger partial charge in [-0.15, -0.1) is 0 Å². The minimum Gasteiger partial charge on any atom is -0.392 e. The van der Waals surface area contributed by atoms with Gasteiger partial charge in [0.25, 0.3) is 0 Å². The second-order valence-corrected chi connectivity index (χ2v) is 5.54. The molecule has 1 aromatic rings. The molecule has 0 saturated heterocycles. The molecular formula is C11H17NO3S. The van der Waals surface area contributed by atoms with Crippen molar-refractivity contribution in [1.29, 1.82) is 0 Å². The van der Waals surface area contributed by atoms with Gasteiger partial charge in [-0.2, -0.15) is 0 Å². The highest BCUT2D eigenvalue weighted by atomic mass is 32.2. The zero-order valence-electron chi connectivity index (χ0n) is 9.31. The van der Waals surface area contributed by atoms with Gasteiger partial charge in [0.1, 0.15) is 0 Å². The Kier molecular flexibility index (Phi) is 4.92. The molecule has 4 nitrogen and oxygen atoms in total. The maximum absolute atomic E-state index is 11.4. The molecule has 2 N–H and O–H groups in total. The van der Waals surface area contributed by atoms with E-state index in [1.807, 2.05) is 6.92 Å². The number of sulfonamides is 1. The number of hydrogen-bond donors (Lipinski definition) is 2. The van der Waals surface area contributed by atoms with E-state index >= 15 is 0 Å². The largest absolute Gasteiger partial charge is 0.392 e. The lowest BCUT2D eigenvalue weighted by Crippen LogP contribution is -2.25. The van der Waals surface area contributed by atoms with Crippen LogP contribution in [0.3, 0.4) is 0 Å². The van der Waals surface area contributed by atoms with Gasteiger partial charge in [0, 0.05) is 6.54 Å². The van der Waals surface area contributed by atoms with E-state index in [0.29, 0.717) is 13.0 Å². The molecule has 1 aromatic carbocycles. The van der Waals surface area contributed by atoms with Crippen LogP contribution in [0, 0.1) is 0 Å². The van der Waals surface area contributed by atoms with Crippen LogP contribution in [0.1, 0.15) is 24.5 Å². The van der Waals surface area contributed by atoms with Crippen molar-refractivity contribution in [2.45, 2.75) is 26.5 Å². The zero-order valence-corrected chi connectivity index (χ0v) is 10.1. The predicted octanol–water partition coefficient (Wildman–Crippen LogP) is 1.01. The molecule has 0 aliphatic carbocycles. The van der Waals surface area contributed by atoms with Gasteiger partial charge in [0.15, 0.2) is 0 Å². The van der Waals surface area contributed by atoms with Crippen LogP contribution in [-0.2, 0) is 23.2 Å². The maximum Gasteiger partial charge on any atom is 0.211 e. The molecule has 0 heterocycles. The Hall–Kier alpha value is -0.910. The molecule has 16 heavy (non-hydrogen) atoms. The summed E-state index contributed by atoms with van der Waals surface area (Å²) < 4.78 is 25.3. The van der Waals surface area contributed by atoms with Crippen LogP contribution in [0.2, 0.25) is 0 Å². The first kappa shape index (κ1) is 13.2. The number of aliphatic hydroxyl groups is 1. The summed E-state index contributed by atoms with van der Waals surface area (Å²) in [5, 5.41) is 8.85. The third kappa shape index (κ3) is 4.30. The summed E-state index contributed by atoms with van der Waals surface area (Å²) in [6, 6.07) is 7.17. The fourth-order valence-electron chi connectivity index (χ4n) is 1.30. The molecule has 0 bridgehead atoms. The van der Waals surface area contributed by atoms with Gasteiger partial charge in [0.05, 0.1) is 12.4 Å². The van der Waals surface area contributed by atoms with Crippen LogP contribution in [0.15, 0.2) is 24.3 Å². The maximum atomic E-state index is 11.4. The summed E-state index contributed by atoms with van der Waals surface area (Å²) in [6.45, 7) is 2.13. The van der Waals surface area contributed by atoms with Crippen LogP contribution in [0.25, 0.3) is 0 Å². The molecule has 5 heteroatoms. The van der Waals surface area contributed by atoms with Crippen LogP contribution >= 0.6 is 0 Å². The predicted molar refractivity (Wildman–Crippen MR) is 63.3 cm³/mol. The van der Waals surface area contributed by atoms with Gasteiger partial charge >= 0.3 is 0 Å². The highest BCUT2D eigenvalue weighted by Crippen LogP contribution is 2.04. The number of rotatable bonds is 6. The SMILES string of the molecule is CCCS(=O)(=O)NCc1ccc(CO)cc1. The fraction of sp³-hybridized carbons (Fsp3) is 0.455. The average Bonchev–Trinajstić information content (AvgIpc) is 2.27. The van der Waals surface area contributed by atoms with E-state index in [4.69, 9.17) is 5.11 Å². The molecule has 0 atom stereocenters. The molecule has 0 spiro atoms. The van der Waals surface area contributed by atoms with E-state index < -0.39 is 10.0 Å². The smallest absolute Gasteiger partial charge is 0.211 e. The minimum absolute atomic E-state index is 0.00183. The molecule has 90 valence electrons. The lowest BCUT2D eigenvalue weighted by molar-refractivity contribution is 0.282. The lowest BCUT2D eigenvalue weighted by atomic mass is 10.1. The van der Waals surface area contributed by atoms with Crippen LogP contribution < -0.4 is 4.72 Å². The van der Waals surface area contributed by atoms with Crippen LogP contribution in [0.5, 0.6) is 0 Å². The first-order valence-electron chi connectivity index (χ1n) is 5.23. The third-order valence-corrected chi connectivity index (χ3v) is 3.70. The molecule has 0 aliphatic heterocycles. The summed E-state index contributed by atoms with van der Waals surface area (Å²) in [5.74, 6) is 0.154. The molecule has 0 aromatic heterocycles. The quantitative estimate of drug-likeness (QED) is 0.783. The Labute approximate surface area is 96.4 Å². The van der Waals surface area contributed by atoms with E-state index in [1.54, 1.807) is 24.3 Å². The van der Waals surface area contributed by atoms with Gasteiger partial charge in [-0.1, -0.05) is 31.2 Å². The Morgan fingerprint density at radius 2 is 1.75 bits per heavy atom. The summed E-state index contributed by atoms with van der Waals surface area (Å²) in [4.78, 5) is 0. The van der Waals surface area contributed by atoms with Crippen molar-refractivity contribution < 1.29 is 13.5 Å². The normalized spacial score (nSPS) is 11.6. The lowest BCUT2D eigenvalue weighted by Gasteiger charge is -2.06. The van der Waals surface area contributed by atoms with Gasteiger partial charge in [0.2, 0.25) is 10.0 Å². The third-order valence-electron chi connectivity index (χ3n) is 2.17. The van der Waals surface area contributed by atoms with Crippen molar-refractivity contribution >= 4 is 10.0 Å². The summed E-state index contributed by atoms with van der Waals surface area (Å²) in [7, 11) is -3.14. The molecule has 0 saturated carbocycles. The van der Waals surface area contributed by atoms with Crippen LogP contribution in [-0.4, -0.2) is 19.3 Å². The first-order chi connectivity index (χ1) is 7.57. The van der Waals surface area contributed by atoms with Gasteiger partial charge in [-0.05, 0) is 17.5 Å². The van der Waals surface area contributed by atoms with E-state index in [9.17, 15) is 8.42 Å². The first-order valence-corrected chi connectivity index (χ1v) is 6.88. The van der Waals surface area contributed by atoms with Crippen molar-refractivity contribution in [1.82, 2.24) is 4.72 Å².